The quantitative estimate of drug-likeness (QED) is 0.0154. The molecule has 0 bridgehead atoms. The number of rotatable bonds is 16. The minimum absolute atomic E-state index is 0.0252. The van der Waals surface area contributed by atoms with Crippen molar-refractivity contribution in [1.29, 1.82) is 0 Å². The van der Waals surface area contributed by atoms with Crippen LogP contribution in [0.4, 0.5) is 32.3 Å². The van der Waals surface area contributed by atoms with Gasteiger partial charge in [-0.25, -0.2) is 0 Å². The number of hydrogen-bond donors (Lipinski definition) is 5. The number of Topliss-reactive ketones (excluding diaryl/α,β-unsaturated/α-hetero) is 1. The van der Waals surface area contributed by atoms with Crippen molar-refractivity contribution < 1.29 is 65.8 Å². The number of fused-ring (bicyclic) bond motifs is 6. The zero-order valence-electron chi connectivity index (χ0n) is 38.3. The van der Waals surface area contributed by atoms with E-state index in [2.05, 4.69) is 21.3 Å². The van der Waals surface area contributed by atoms with Gasteiger partial charge in [-0.05, 0) is 6.42 Å². The molecular formula is C47H44GeN6O16S. The molecule has 5 aromatic rings. The molecule has 1 atom stereocenters. The van der Waals surface area contributed by atoms with E-state index in [9.17, 15) is 57.4 Å². The van der Waals surface area contributed by atoms with Crippen molar-refractivity contribution in [3.05, 3.63) is 161 Å². The average molecular weight is 1050 g/mol. The molecule has 7 rings (SSSR count). The predicted octanol–water partition coefficient (Wildman–Crippen LogP) is 5.56. The van der Waals surface area contributed by atoms with Gasteiger partial charge in [-0.15, -0.1) is 0 Å². The molecule has 2 aliphatic heterocycles. The summed E-state index contributed by atoms with van der Waals surface area (Å²) in [4.78, 5) is 101. The fourth-order valence-corrected chi connectivity index (χ4v) is 15.6. The first-order valence-corrected chi connectivity index (χ1v) is 29.6. The Bertz CT molecular complexity index is 3220. The third kappa shape index (κ3) is 10.5. The Kier molecular flexibility index (Phi) is 14.4. The van der Waals surface area contributed by atoms with Crippen molar-refractivity contribution in [3.8, 4) is 0 Å². The minimum atomic E-state index is -4.38. The first kappa shape index (κ1) is 50.8. The molecule has 5 N–H and O–H groups in total. The van der Waals surface area contributed by atoms with Gasteiger partial charge in [-0.3, -0.25) is 4.55 Å². The van der Waals surface area contributed by atoms with Crippen LogP contribution in [0.3, 0.4) is 0 Å². The van der Waals surface area contributed by atoms with Gasteiger partial charge in [0.15, 0.2) is 0 Å². The summed E-state index contributed by atoms with van der Waals surface area (Å²) >= 11 is -3.73. The standard InChI is InChI=1S/C47H44GeN6O16S/c1-5-17-49-42(56)27-9-15-39(53(61)62)29(20-27)24-68-45(59)51-31-11-13-34-37(22-31)48(3,4)38-23-32(12-14-35(38)47(34)36-8-6-7-33(26(2)55)41(36)44(58)70-47)52-46(60)69-25-30-21-28(10-16-40(30)54(63)64)43(57)50-18-19-71(65,66)67/h6-16,20-23H,5,17-19,24-25H2,1-4H3,(H,49,56)(H,50,57)(H,51,59)(H,52,60)(H,65,66,67). The summed E-state index contributed by atoms with van der Waals surface area (Å²) in [5.41, 5.74) is -0.557. The Balaban J connectivity index is 1.19. The molecule has 22 nitrogen and oxygen atoms in total. The molecule has 24 heteroatoms. The van der Waals surface area contributed by atoms with Gasteiger partial charge in [0.1, 0.15) is 0 Å². The Morgan fingerprint density at radius 1 is 0.718 bits per heavy atom. The second kappa shape index (κ2) is 20.1. The molecule has 71 heavy (non-hydrogen) atoms. The summed E-state index contributed by atoms with van der Waals surface area (Å²) in [6.45, 7) is 1.88. The van der Waals surface area contributed by atoms with E-state index in [1.54, 1.807) is 42.5 Å². The van der Waals surface area contributed by atoms with E-state index in [0.717, 1.165) is 24.3 Å². The van der Waals surface area contributed by atoms with Gasteiger partial charge >= 0.3 is 353 Å². The number of nitrogens with one attached hydrogen (secondary N) is 4. The van der Waals surface area contributed by atoms with Crippen LogP contribution in [0, 0.1) is 20.2 Å². The second-order valence-electron chi connectivity index (χ2n) is 16.9. The first-order chi connectivity index (χ1) is 33.5. The number of amides is 4. The van der Waals surface area contributed by atoms with Crippen LogP contribution in [-0.4, -0.2) is 90.7 Å². The van der Waals surface area contributed by atoms with E-state index < -0.39 is 100 Å². The van der Waals surface area contributed by atoms with E-state index in [0.29, 0.717) is 38.4 Å². The third-order valence-corrected chi connectivity index (χ3v) is 20.0. The van der Waals surface area contributed by atoms with Crippen molar-refractivity contribution in [2.45, 2.75) is 50.6 Å². The van der Waals surface area contributed by atoms with Crippen LogP contribution in [0.5, 0.6) is 0 Å². The summed E-state index contributed by atoms with van der Waals surface area (Å²) in [7, 11) is -4.38. The topological polar surface area (TPSA) is 319 Å². The number of carbonyl (C=O) groups is 6. The number of nitrogens with zero attached hydrogens (tertiary/aromatic N) is 2. The summed E-state index contributed by atoms with van der Waals surface area (Å²) in [6, 6.07) is 21.6. The molecular weight excluding hydrogens is 1010 g/mol. The zero-order chi connectivity index (χ0) is 51.6. The molecule has 1 unspecified atom stereocenters. The Morgan fingerprint density at radius 3 is 1.66 bits per heavy atom. The van der Waals surface area contributed by atoms with Gasteiger partial charge in [-0.1, -0.05) is 6.92 Å². The summed E-state index contributed by atoms with van der Waals surface area (Å²) < 4.78 is 49.7. The van der Waals surface area contributed by atoms with Gasteiger partial charge in [0, 0.05) is 13.1 Å². The van der Waals surface area contributed by atoms with Crippen molar-refractivity contribution in [2.24, 2.45) is 0 Å². The summed E-state index contributed by atoms with van der Waals surface area (Å²) in [6.07, 6.45) is -1.37. The van der Waals surface area contributed by atoms with E-state index in [1.807, 2.05) is 18.4 Å². The Labute approximate surface area is 406 Å². The molecule has 0 aliphatic carbocycles. The SMILES string of the molecule is CCCNC(=O)c1ccc([N+](=O)[O-])c(COC(=O)Nc2ccc3[c](c2)[Ge]([CH3])([CH3])[c]2cc(NC(=O)OCc4cc(C(=O)NCCS(=O)(=O)O)ccc4[N+](=O)[O-])ccc2C32OC(=O)c3c(C(C)=O)cccc32)c1. The Morgan fingerprint density at radius 2 is 1.21 bits per heavy atom. The average Bonchev–Trinajstić information content (AvgIpc) is 3.62. The maximum atomic E-state index is 14.0. The summed E-state index contributed by atoms with van der Waals surface area (Å²) in [5.74, 6) is 0.854. The van der Waals surface area contributed by atoms with Crippen LogP contribution in [0.15, 0.2) is 91.0 Å². The first-order valence-electron chi connectivity index (χ1n) is 21.7. The molecule has 4 amide bonds. The predicted molar refractivity (Wildman–Crippen MR) is 257 cm³/mol. The molecule has 2 aliphatic rings. The zero-order valence-corrected chi connectivity index (χ0v) is 41.2. The molecule has 368 valence electrons. The fraction of sp³-hybridized carbons (Fsp3) is 0.234. The normalized spacial score (nSPS) is 15.0. The molecule has 0 aromatic heterocycles. The van der Waals surface area contributed by atoms with Gasteiger partial charge in [0.25, 0.3) is 10.1 Å². The third-order valence-electron chi connectivity index (χ3n) is 11.9. The van der Waals surface area contributed by atoms with Crippen LogP contribution in [0.25, 0.3) is 0 Å². The number of benzene rings is 5. The van der Waals surface area contributed by atoms with Crippen molar-refractivity contribution in [1.82, 2.24) is 10.6 Å². The van der Waals surface area contributed by atoms with E-state index in [1.165, 1.54) is 31.2 Å². The number of carbonyl (C=O) groups excluding carboxylic acids is 6. The van der Waals surface area contributed by atoms with Crippen LogP contribution < -0.4 is 30.1 Å². The molecule has 5 aromatic carbocycles. The second-order valence-corrected chi connectivity index (χ2v) is 27.6. The fourth-order valence-electron chi connectivity index (χ4n) is 8.56. The van der Waals surface area contributed by atoms with Crippen molar-refractivity contribution in [3.63, 3.8) is 0 Å². The van der Waals surface area contributed by atoms with E-state index in [-0.39, 0.29) is 56.2 Å². The van der Waals surface area contributed by atoms with Gasteiger partial charge in [0.2, 0.25) is 0 Å². The number of nitro benzene ring substituents is 2. The summed E-state index contributed by atoms with van der Waals surface area (Å²) in [5, 5.41) is 34.0. The number of ether oxygens (including phenoxy) is 3. The van der Waals surface area contributed by atoms with E-state index in [4.69, 9.17) is 18.8 Å². The molecule has 2 heterocycles. The number of nitro groups is 2. The number of anilines is 2. The van der Waals surface area contributed by atoms with Crippen molar-refractivity contribution in [2.75, 3.05) is 29.5 Å². The van der Waals surface area contributed by atoms with Crippen LogP contribution in [0.2, 0.25) is 11.5 Å². The molecule has 0 fully saturated rings. The van der Waals surface area contributed by atoms with Crippen LogP contribution >= 0.6 is 0 Å². The maximum absolute atomic E-state index is 14.0. The van der Waals surface area contributed by atoms with Gasteiger partial charge in [-0.2, -0.15) is 8.42 Å². The number of hydrogen-bond acceptors (Lipinski definition) is 15. The molecule has 1 spiro atoms. The van der Waals surface area contributed by atoms with E-state index >= 15 is 0 Å². The Hall–Kier alpha value is -8.03. The van der Waals surface area contributed by atoms with Crippen LogP contribution in [0.1, 0.15) is 89.5 Å². The number of esters is 1. The molecule has 0 saturated heterocycles. The monoisotopic (exact) mass is 1050 g/mol. The molecule has 0 saturated carbocycles. The molecule has 0 radical (unpaired) electrons. The van der Waals surface area contributed by atoms with Crippen molar-refractivity contribution >= 4 is 90.7 Å². The van der Waals surface area contributed by atoms with Crippen LogP contribution in [-0.2, 0) is 43.1 Å². The van der Waals surface area contributed by atoms with Gasteiger partial charge < -0.3 is 0 Å². The van der Waals surface area contributed by atoms with Gasteiger partial charge in [0.05, 0.1) is 5.75 Å². The number of ketones is 1.